The van der Waals surface area contributed by atoms with Crippen molar-refractivity contribution in [1.29, 1.82) is 0 Å². The molecule has 7 heteroatoms. The standard InChI is InChI=1S/C13H15N3O3.ClH/c1-7-2-8(4-9(3-7)16(18)19)13(17)15-12-10-5-14-6-11(10)12;/h2-4,10-12,14H,5-6H2,1H3,(H,15,17);1H. The van der Waals surface area contributed by atoms with Crippen LogP contribution in [0.15, 0.2) is 18.2 Å². The summed E-state index contributed by atoms with van der Waals surface area (Å²) in [6.07, 6.45) is 0. The monoisotopic (exact) mass is 297 g/mol. The first-order valence-electron chi connectivity index (χ1n) is 6.34. The second-order valence-corrected chi connectivity index (χ2v) is 5.30. The number of aryl methyl sites for hydroxylation is 1. The maximum Gasteiger partial charge on any atom is 0.270 e. The SMILES string of the molecule is Cc1cc(C(=O)NC2C3CNCC32)cc([N+](=O)[O-])c1.Cl. The number of nitro groups is 1. The molecule has 2 atom stereocenters. The van der Waals surface area contributed by atoms with Gasteiger partial charge < -0.3 is 10.6 Å². The Morgan fingerprint density at radius 3 is 2.60 bits per heavy atom. The summed E-state index contributed by atoms with van der Waals surface area (Å²) in [7, 11) is 0. The number of hydrogen-bond donors (Lipinski definition) is 2. The lowest BCUT2D eigenvalue weighted by atomic mass is 10.1. The molecule has 1 saturated heterocycles. The van der Waals surface area contributed by atoms with Crippen LogP contribution < -0.4 is 10.6 Å². The normalized spacial score (nSPS) is 26.4. The number of fused-ring (bicyclic) bond motifs is 1. The first-order valence-corrected chi connectivity index (χ1v) is 6.34. The number of hydrogen-bond acceptors (Lipinski definition) is 4. The Bertz CT molecular complexity index is 554. The van der Waals surface area contributed by atoms with Gasteiger partial charge >= 0.3 is 0 Å². The molecular weight excluding hydrogens is 282 g/mol. The molecule has 2 fully saturated rings. The Balaban J connectivity index is 0.00000147. The van der Waals surface area contributed by atoms with Crippen molar-refractivity contribution in [2.45, 2.75) is 13.0 Å². The largest absolute Gasteiger partial charge is 0.349 e. The third-order valence-electron chi connectivity index (χ3n) is 3.92. The molecule has 1 aliphatic heterocycles. The molecule has 2 unspecified atom stereocenters. The van der Waals surface area contributed by atoms with E-state index in [1.807, 2.05) is 0 Å². The summed E-state index contributed by atoms with van der Waals surface area (Å²) in [5.41, 5.74) is 1.05. The van der Waals surface area contributed by atoms with Crippen molar-refractivity contribution in [3.05, 3.63) is 39.4 Å². The number of carbonyl (C=O) groups is 1. The third kappa shape index (κ3) is 2.62. The van der Waals surface area contributed by atoms with E-state index in [1.165, 1.54) is 12.1 Å². The maximum absolute atomic E-state index is 12.1. The number of nitro benzene ring substituents is 1. The van der Waals surface area contributed by atoms with Gasteiger partial charge in [0, 0.05) is 36.8 Å². The second kappa shape index (κ2) is 5.38. The van der Waals surface area contributed by atoms with Gasteiger partial charge in [0.25, 0.3) is 11.6 Å². The van der Waals surface area contributed by atoms with Gasteiger partial charge in [-0.05, 0) is 30.4 Å². The fourth-order valence-corrected chi connectivity index (χ4v) is 2.87. The third-order valence-corrected chi connectivity index (χ3v) is 3.92. The Kier molecular flexibility index (Phi) is 3.96. The average Bonchev–Trinajstić information content (AvgIpc) is 2.81. The number of carbonyl (C=O) groups excluding carboxylic acids is 1. The molecule has 1 aliphatic carbocycles. The molecule has 0 bridgehead atoms. The fraction of sp³-hybridized carbons (Fsp3) is 0.462. The van der Waals surface area contributed by atoms with E-state index in [0.29, 0.717) is 17.4 Å². The van der Waals surface area contributed by atoms with Crippen molar-refractivity contribution in [2.75, 3.05) is 13.1 Å². The summed E-state index contributed by atoms with van der Waals surface area (Å²) in [6, 6.07) is 4.71. The molecule has 0 spiro atoms. The lowest BCUT2D eigenvalue weighted by Crippen LogP contribution is -2.32. The number of amides is 1. The molecule has 2 aliphatic rings. The predicted octanol–water partition coefficient (Wildman–Crippen LogP) is 1.27. The average molecular weight is 298 g/mol. The van der Waals surface area contributed by atoms with Crippen molar-refractivity contribution in [3.8, 4) is 0 Å². The zero-order valence-electron chi connectivity index (χ0n) is 11.0. The lowest BCUT2D eigenvalue weighted by molar-refractivity contribution is -0.384. The Labute approximate surface area is 122 Å². The Hall–Kier alpha value is -1.66. The number of halogens is 1. The molecule has 1 heterocycles. The second-order valence-electron chi connectivity index (χ2n) is 5.30. The van der Waals surface area contributed by atoms with Gasteiger partial charge in [0.05, 0.1) is 4.92 Å². The summed E-state index contributed by atoms with van der Waals surface area (Å²) in [6.45, 7) is 3.65. The van der Waals surface area contributed by atoms with Crippen molar-refractivity contribution >= 4 is 24.0 Å². The van der Waals surface area contributed by atoms with E-state index in [-0.39, 0.29) is 30.0 Å². The Morgan fingerprint density at radius 2 is 2.00 bits per heavy atom. The smallest absolute Gasteiger partial charge is 0.270 e. The first-order chi connectivity index (χ1) is 9.06. The highest BCUT2D eigenvalue weighted by molar-refractivity contribution is 5.95. The molecule has 1 aromatic rings. The van der Waals surface area contributed by atoms with Gasteiger partial charge in [0.1, 0.15) is 0 Å². The van der Waals surface area contributed by atoms with Crippen LogP contribution in [0.25, 0.3) is 0 Å². The topological polar surface area (TPSA) is 84.3 Å². The first kappa shape index (κ1) is 14.7. The minimum Gasteiger partial charge on any atom is -0.349 e. The zero-order valence-corrected chi connectivity index (χ0v) is 11.8. The van der Waals surface area contributed by atoms with Crippen molar-refractivity contribution in [2.24, 2.45) is 11.8 Å². The van der Waals surface area contributed by atoms with Crippen LogP contribution in [0, 0.1) is 28.9 Å². The summed E-state index contributed by atoms with van der Waals surface area (Å²) in [5.74, 6) is 0.846. The van der Waals surface area contributed by atoms with E-state index in [0.717, 1.165) is 18.7 Å². The van der Waals surface area contributed by atoms with E-state index >= 15 is 0 Å². The van der Waals surface area contributed by atoms with Gasteiger partial charge in [-0.15, -0.1) is 12.4 Å². The van der Waals surface area contributed by atoms with Crippen LogP contribution in [0.3, 0.4) is 0 Å². The van der Waals surface area contributed by atoms with Gasteiger partial charge in [0.15, 0.2) is 0 Å². The highest BCUT2D eigenvalue weighted by Gasteiger charge is 2.53. The van der Waals surface area contributed by atoms with Gasteiger partial charge in [-0.3, -0.25) is 14.9 Å². The summed E-state index contributed by atoms with van der Waals surface area (Å²) in [5, 5.41) is 17.0. The van der Waals surface area contributed by atoms with Crippen molar-refractivity contribution in [1.82, 2.24) is 10.6 Å². The van der Waals surface area contributed by atoms with Crippen LogP contribution in [-0.4, -0.2) is 30.0 Å². The highest BCUT2D eigenvalue weighted by atomic mass is 35.5. The molecule has 0 aromatic heterocycles. The molecule has 2 N–H and O–H groups in total. The van der Waals surface area contributed by atoms with Crippen molar-refractivity contribution in [3.63, 3.8) is 0 Å². The van der Waals surface area contributed by atoms with E-state index in [2.05, 4.69) is 10.6 Å². The van der Waals surface area contributed by atoms with E-state index in [4.69, 9.17) is 0 Å². The molecule has 6 nitrogen and oxygen atoms in total. The summed E-state index contributed by atoms with van der Waals surface area (Å²) < 4.78 is 0. The number of piperidine rings is 1. The number of rotatable bonds is 3. The van der Waals surface area contributed by atoms with Gasteiger partial charge in [-0.25, -0.2) is 0 Å². The fourth-order valence-electron chi connectivity index (χ4n) is 2.87. The maximum atomic E-state index is 12.1. The number of benzene rings is 1. The number of nitrogens with zero attached hydrogens (tertiary/aromatic N) is 1. The van der Waals surface area contributed by atoms with Crippen molar-refractivity contribution < 1.29 is 9.72 Å². The quantitative estimate of drug-likeness (QED) is 0.650. The van der Waals surface area contributed by atoms with Crippen LogP contribution in [0.1, 0.15) is 15.9 Å². The summed E-state index contributed by atoms with van der Waals surface area (Å²) in [4.78, 5) is 22.4. The van der Waals surface area contributed by atoms with Crippen LogP contribution >= 0.6 is 12.4 Å². The Morgan fingerprint density at radius 1 is 1.35 bits per heavy atom. The molecule has 108 valence electrons. The molecule has 1 amide bonds. The molecular formula is C13H16ClN3O3. The van der Waals surface area contributed by atoms with E-state index < -0.39 is 4.92 Å². The predicted molar refractivity (Wildman–Crippen MR) is 76.2 cm³/mol. The minimum absolute atomic E-state index is 0. The van der Waals surface area contributed by atoms with Crippen LogP contribution in [0.4, 0.5) is 5.69 Å². The van der Waals surface area contributed by atoms with E-state index in [9.17, 15) is 14.9 Å². The molecule has 1 saturated carbocycles. The minimum atomic E-state index is -0.473. The van der Waals surface area contributed by atoms with E-state index in [1.54, 1.807) is 13.0 Å². The van der Waals surface area contributed by atoms with Gasteiger partial charge in [-0.1, -0.05) is 0 Å². The zero-order chi connectivity index (χ0) is 13.6. The summed E-state index contributed by atoms with van der Waals surface area (Å²) >= 11 is 0. The van der Waals surface area contributed by atoms with Gasteiger partial charge in [0.2, 0.25) is 0 Å². The molecule has 1 aromatic carbocycles. The highest BCUT2D eigenvalue weighted by Crippen LogP contribution is 2.41. The van der Waals surface area contributed by atoms with Gasteiger partial charge in [-0.2, -0.15) is 0 Å². The molecule has 3 rings (SSSR count). The number of non-ortho nitro benzene ring substituents is 1. The molecule has 20 heavy (non-hydrogen) atoms. The number of nitrogens with one attached hydrogen (secondary N) is 2. The van der Waals surface area contributed by atoms with Crippen LogP contribution in [0.2, 0.25) is 0 Å². The van der Waals surface area contributed by atoms with Crippen LogP contribution in [0.5, 0.6) is 0 Å². The van der Waals surface area contributed by atoms with Crippen LogP contribution in [-0.2, 0) is 0 Å². The molecule has 0 radical (unpaired) electrons. The lowest BCUT2D eigenvalue weighted by Gasteiger charge is -2.08.